The zero-order valence-corrected chi connectivity index (χ0v) is 18.9. The van der Waals surface area contributed by atoms with E-state index in [1.807, 2.05) is 11.1 Å². The van der Waals surface area contributed by atoms with Gasteiger partial charge in [0.15, 0.2) is 0 Å². The SMILES string of the molecule is Cl.Cl.O=C(c1cn2c(n1)CCNCC2)N1CCN(C2CCc3ccccc3C2)CC1. The van der Waals surface area contributed by atoms with Crippen LogP contribution in [0.4, 0.5) is 0 Å². The van der Waals surface area contributed by atoms with Crippen molar-refractivity contribution >= 4 is 30.7 Å². The van der Waals surface area contributed by atoms with Gasteiger partial charge in [0.2, 0.25) is 0 Å². The highest BCUT2D eigenvalue weighted by Crippen LogP contribution is 2.25. The average Bonchev–Trinajstić information content (AvgIpc) is 3.03. The molecule has 1 aliphatic carbocycles. The molecule has 0 saturated carbocycles. The summed E-state index contributed by atoms with van der Waals surface area (Å²) in [5, 5.41) is 3.37. The maximum Gasteiger partial charge on any atom is 0.274 e. The van der Waals surface area contributed by atoms with Crippen LogP contribution in [0.2, 0.25) is 0 Å². The zero-order chi connectivity index (χ0) is 18.9. The number of nitrogens with one attached hydrogen (secondary N) is 1. The lowest BCUT2D eigenvalue weighted by atomic mass is 9.87. The molecule has 3 aliphatic rings. The second-order valence-electron chi connectivity index (χ2n) is 8.23. The van der Waals surface area contributed by atoms with Crippen molar-refractivity contribution in [3.63, 3.8) is 0 Å². The van der Waals surface area contributed by atoms with E-state index < -0.39 is 0 Å². The van der Waals surface area contributed by atoms with Crippen molar-refractivity contribution in [1.29, 1.82) is 0 Å². The molecule has 30 heavy (non-hydrogen) atoms. The number of fused-ring (bicyclic) bond motifs is 2. The number of benzene rings is 1. The first kappa shape index (κ1) is 23.1. The van der Waals surface area contributed by atoms with Gasteiger partial charge in [-0.1, -0.05) is 24.3 Å². The Morgan fingerprint density at radius 3 is 2.53 bits per heavy atom. The number of hydrogen-bond acceptors (Lipinski definition) is 4. The van der Waals surface area contributed by atoms with Gasteiger partial charge in [-0.05, 0) is 30.4 Å². The van der Waals surface area contributed by atoms with Crippen molar-refractivity contribution in [2.75, 3.05) is 39.3 Å². The first-order valence-electron chi connectivity index (χ1n) is 10.6. The molecule has 2 aromatic rings. The van der Waals surface area contributed by atoms with Crippen LogP contribution >= 0.6 is 24.8 Å². The molecule has 1 N–H and O–H groups in total. The Labute approximate surface area is 190 Å². The minimum absolute atomic E-state index is 0. The van der Waals surface area contributed by atoms with Crippen LogP contribution in [0.3, 0.4) is 0 Å². The molecular formula is C22H31Cl2N5O. The van der Waals surface area contributed by atoms with Crippen LogP contribution in [0.1, 0.15) is 33.9 Å². The monoisotopic (exact) mass is 451 g/mol. The molecule has 1 atom stereocenters. The quantitative estimate of drug-likeness (QED) is 0.759. The second kappa shape index (κ2) is 10.1. The van der Waals surface area contributed by atoms with Crippen molar-refractivity contribution in [3.05, 3.63) is 53.1 Å². The van der Waals surface area contributed by atoms with Crippen molar-refractivity contribution in [1.82, 2.24) is 24.7 Å². The Balaban J connectivity index is 0.00000128. The number of rotatable bonds is 2. The summed E-state index contributed by atoms with van der Waals surface area (Å²) in [7, 11) is 0. The number of hydrogen-bond donors (Lipinski definition) is 1. The Bertz CT molecular complexity index is 839. The number of halogens is 2. The third kappa shape index (κ3) is 4.67. The normalized spacial score (nSPS) is 21.5. The largest absolute Gasteiger partial charge is 0.335 e. The molecule has 1 saturated heterocycles. The number of imidazole rings is 1. The van der Waals surface area contributed by atoms with E-state index in [-0.39, 0.29) is 30.7 Å². The first-order chi connectivity index (χ1) is 13.8. The Morgan fingerprint density at radius 2 is 1.73 bits per heavy atom. The smallest absolute Gasteiger partial charge is 0.274 e. The van der Waals surface area contributed by atoms with E-state index in [2.05, 4.69) is 44.0 Å². The van der Waals surface area contributed by atoms with E-state index in [0.29, 0.717) is 11.7 Å². The summed E-state index contributed by atoms with van der Waals surface area (Å²) >= 11 is 0. The summed E-state index contributed by atoms with van der Waals surface area (Å²) in [6.07, 6.45) is 6.40. The van der Waals surface area contributed by atoms with E-state index in [0.717, 1.165) is 64.5 Å². The van der Waals surface area contributed by atoms with Gasteiger partial charge in [-0.25, -0.2) is 4.98 Å². The molecule has 0 spiro atoms. The zero-order valence-electron chi connectivity index (χ0n) is 17.3. The van der Waals surface area contributed by atoms with Gasteiger partial charge < -0.3 is 14.8 Å². The van der Waals surface area contributed by atoms with Gasteiger partial charge >= 0.3 is 0 Å². The third-order valence-electron chi connectivity index (χ3n) is 6.57. The molecule has 1 fully saturated rings. The highest BCUT2D eigenvalue weighted by Gasteiger charge is 2.30. The Morgan fingerprint density at radius 1 is 0.967 bits per heavy atom. The number of aromatic nitrogens is 2. The lowest BCUT2D eigenvalue weighted by molar-refractivity contribution is 0.0548. The third-order valence-corrected chi connectivity index (χ3v) is 6.57. The first-order valence-corrected chi connectivity index (χ1v) is 10.6. The predicted molar refractivity (Wildman–Crippen MR) is 123 cm³/mol. The summed E-state index contributed by atoms with van der Waals surface area (Å²) < 4.78 is 2.14. The van der Waals surface area contributed by atoms with Gasteiger partial charge in [0.25, 0.3) is 5.91 Å². The van der Waals surface area contributed by atoms with Crippen LogP contribution in [0.25, 0.3) is 0 Å². The van der Waals surface area contributed by atoms with Crippen LogP contribution in [0.5, 0.6) is 0 Å². The molecule has 0 bridgehead atoms. The molecule has 3 heterocycles. The maximum atomic E-state index is 13.0. The molecule has 1 aromatic carbocycles. The molecule has 5 rings (SSSR count). The van der Waals surface area contributed by atoms with E-state index in [1.165, 1.54) is 24.0 Å². The molecule has 1 unspecified atom stereocenters. The predicted octanol–water partition coefficient (Wildman–Crippen LogP) is 2.19. The van der Waals surface area contributed by atoms with Gasteiger partial charge in [0.05, 0.1) is 0 Å². The maximum absolute atomic E-state index is 13.0. The molecule has 2 aliphatic heterocycles. The lowest BCUT2D eigenvalue weighted by Crippen LogP contribution is -2.53. The lowest BCUT2D eigenvalue weighted by Gasteiger charge is -2.41. The van der Waals surface area contributed by atoms with Crippen LogP contribution < -0.4 is 5.32 Å². The molecule has 1 amide bonds. The highest BCUT2D eigenvalue weighted by molar-refractivity contribution is 5.92. The Kier molecular flexibility index (Phi) is 7.80. The highest BCUT2D eigenvalue weighted by atomic mass is 35.5. The minimum atomic E-state index is 0. The molecule has 164 valence electrons. The van der Waals surface area contributed by atoms with Crippen molar-refractivity contribution in [3.8, 4) is 0 Å². The van der Waals surface area contributed by atoms with Gasteiger partial charge in [-0.15, -0.1) is 24.8 Å². The molecule has 6 nitrogen and oxygen atoms in total. The van der Waals surface area contributed by atoms with Crippen molar-refractivity contribution in [2.24, 2.45) is 0 Å². The van der Waals surface area contributed by atoms with Crippen LogP contribution in [0, 0.1) is 0 Å². The number of nitrogens with zero attached hydrogens (tertiary/aromatic N) is 4. The summed E-state index contributed by atoms with van der Waals surface area (Å²) in [4.78, 5) is 22.2. The van der Waals surface area contributed by atoms with Crippen LogP contribution in [-0.4, -0.2) is 70.6 Å². The fourth-order valence-electron chi connectivity index (χ4n) is 4.92. The summed E-state index contributed by atoms with van der Waals surface area (Å²) in [6.45, 7) is 6.33. The van der Waals surface area contributed by atoms with Gasteiger partial charge in [0.1, 0.15) is 11.5 Å². The fraction of sp³-hybridized carbons (Fsp3) is 0.545. The van der Waals surface area contributed by atoms with E-state index in [4.69, 9.17) is 0 Å². The van der Waals surface area contributed by atoms with Gasteiger partial charge in [-0.2, -0.15) is 0 Å². The number of amides is 1. The molecular weight excluding hydrogens is 421 g/mol. The summed E-state index contributed by atoms with van der Waals surface area (Å²) in [5.41, 5.74) is 3.64. The molecule has 0 radical (unpaired) electrons. The average molecular weight is 452 g/mol. The second-order valence-corrected chi connectivity index (χ2v) is 8.23. The van der Waals surface area contributed by atoms with E-state index in [9.17, 15) is 4.79 Å². The number of carbonyl (C=O) groups excluding carboxylic acids is 1. The fourth-order valence-corrected chi connectivity index (χ4v) is 4.92. The van der Waals surface area contributed by atoms with Gasteiger partial charge in [0, 0.05) is 64.5 Å². The number of aryl methyl sites for hydroxylation is 1. The van der Waals surface area contributed by atoms with Crippen LogP contribution in [0.15, 0.2) is 30.5 Å². The molecule has 8 heteroatoms. The van der Waals surface area contributed by atoms with E-state index in [1.54, 1.807) is 0 Å². The summed E-state index contributed by atoms with van der Waals surface area (Å²) in [6, 6.07) is 9.46. The van der Waals surface area contributed by atoms with Crippen LogP contribution in [-0.2, 0) is 25.8 Å². The van der Waals surface area contributed by atoms with Crippen molar-refractivity contribution < 1.29 is 4.79 Å². The minimum Gasteiger partial charge on any atom is -0.335 e. The standard InChI is InChI=1S/C22H29N5O.2ClH/c28-22(20-16-27-10-9-23-8-7-21(27)24-20)26-13-11-25(12-14-26)19-6-5-17-3-1-2-4-18(17)15-19;;/h1-4,16,19,23H,5-15H2;2*1H. The van der Waals surface area contributed by atoms with Crippen molar-refractivity contribution in [2.45, 2.75) is 38.3 Å². The number of piperazine rings is 1. The van der Waals surface area contributed by atoms with E-state index >= 15 is 0 Å². The summed E-state index contributed by atoms with van der Waals surface area (Å²) in [5.74, 6) is 1.13. The number of carbonyl (C=O) groups is 1. The topological polar surface area (TPSA) is 53.4 Å². The van der Waals surface area contributed by atoms with Gasteiger partial charge in [-0.3, -0.25) is 9.69 Å². The molecule has 1 aromatic heterocycles. The Hall–Kier alpha value is -1.60.